The van der Waals surface area contributed by atoms with E-state index in [0.717, 1.165) is 12.1 Å². The summed E-state index contributed by atoms with van der Waals surface area (Å²) >= 11 is 6.13. The molecular formula is C21H16ClF4N7O. The molecule has 1 saturated heterocycles. The number of aromatic amines is 1. The molecule has 1 amide bonds. The molecule has 13 heteroatoms. The molecule has 1 fully saturated rings. The second-order valence-corrected chi connectivity index (χ2v) is 8.25. The van der Waals surface area contributed by atoms with Crippen molar-refractivity contribution in [1.82, 2.24) is 25.0 Å². The van der Waals surface area contributed by atoms with E-state index in [4.69, 9.17) is 11.6 Å². The van der Waals surface area contributed by atoms with Gasteiger partial charge in [-0.1, -0.05) is 16.8 Å². The molecule has 0 bridgehead atoms. The van der Waals surface area contributed by atoms with Gasteiger partial charge >= 0.3 is 0 Å². The first kappa shape index (κ1) is 22.1. The van der Waals surface area contributed by atoms with Gasteiger partial charge < -0.3 is 15.2 Å². The fourth-order valence-corrected chi connectivity index (χ4v) is 3.93. The van der Waals surface area contributed by atoms with Crippen molar-refractivity contribution in [1.29, 1.82) is 0 Å². The maximum Gasteiger partial charge on any atom is 0.277 e. The van der Waals surface area contributed by atoms with Crippen LogP contribution in [-0.2, 0) is 0 Å². The molecular weight excluding hydrogens is 478 g/mol. The Morgan fingerprint density at radius 2 is 1.85 bits per heavy atom. The molecule has 0 aliphatic carbocycles. The van der Waals surface area contributed by atoms with Gasteiger partial charge in [-0.2, -0.15) is 0 Å². The Hall–Kier alpha value is -3.67. The lowest BCUT2D eigenvalue weighted by atomic mass is 10.1. The summed E-state index contributed by atoms with van der Waals surface area (Å²) in [6.07, 6.45) is 2.19. The fourth-order valence-electron chi connectivity index (χ4n) is 3.73. The van der Waals surface area contributed by atoms with Crippen LogP contribution < -0.4 is 10.2 Å². The van der Waals surface area contributed by atoms with Crippen molar-refractivity contribution < 1.29 is 22.4 Å². The lowest BCUT2D eigenvalue weighted by Crippen LogP contribution is -2.39. The normalized spacial score (nSPS) is 15.6. The molecule has 4 heterocycles. The molecule has 2 N–H and O–H groups in total. The summed E-state index contributed by atoms with van der Waals surface area (Å²) in [6.45, 7) is 0.250. The Balaban J connectivity index is 1.36. The van der Waals surface area contributed by atoms with Gasteiger partial charge in [0.25, 0.3) is 11.8 Å². The highest BCUT2D eigenvalue weighted by Gasteiger charge is 2.34. The molecule has 5 rings (SSSR count). The monoisotopic (exact) mass is 493 g/mol. The number of H-pyrrole nitrogens is 1. The lowest BCUT2D eigenvalue weighted by molar-refractivity contribution is -0.0221. The first-order chi connectivity index (χ1) is 16.2. The summed E-state index contributed by atoms with van der Waals surface area (Å²) in [6, 6.07) is 5.08. The number of benzene rings is 1. The van der Waals surface area contributed by atoms with Crippen LogP contribution in [0.3, 0.4) is 0 Å². The Bertz CT molecular complexity index is 1390. The first-order valence-electron chi connectivity index (χ1n) is 10.2. The molecule has 3 aromatic heterocycles. The molecule has 176 valence electrons. The molecule has 8 nitrogen and oxygen atoms in total. The predicted octanol–water partition coefficient (Wildman–Crippen LogP) is 4.56. The molecule has 0 spiro atoms. The Kier molecular flexibility index (Phi) is 5.39. The van der Waals surface area contributed by atoms with Crippen molar-refractivity contribution in [3.63, 3.8) is 0 Å². The van der Waals surface area contributed by atoms with Crippen LogP contribution in [0.1, 0.15) is 23.3 Å². The standard InChI is InChI=1S/C21H16ClF4N7O/c22-18-5-11(6-19(29-18)32-3-1-21(25,26)2-4-32)33-10-17(30-31-33)20(34)28-16-9-27-15-8-14(24)13(23)7-12(15)16/h5-10,27H,1-4H2,(H,28,34). The van der Waals surface area contributed by atoms with E-state index >= 15 is 0 Å². The van der Waals surface area contributed by atoms with Crippen LogP contribution in [0, 0.1) is 11.6 Å². The Morgan fingerprint density at radius 1 is 1.12 bits per heavy atom. The molecule has 1 aliphatic rings. The van der Waals surface area contributed by atoms with E-state index in [2.05, 4.69) is 25.6 Å². The highest BCUT2D eigenvalue weighted by Crippen LogP contribution is 2.31. The van der Waals surface area contributed by atoms with Crippen molar-refractivity contribution in [3.05, 3.63) is 59.1 Å². The van der Waals surface area contributed by atoms with E-state index in [0.29, 0.717) is 17.0 Å². The number of anilines is 2. The zero-order valence-corrected chi connectivity index (χ0v) is 18.1. The van der Waals surface area contributed by atoms with Crippen LogP contribution >= 0.6 is 11.6 Å². The van der Waals surface area contributed by atoms with Gasteiger partial charge in [0.2, 0.25) is 0 Å². The van der Waals surface area contributed by atoms with Crippen LogP contribution in [0.5, 0.6) is 0 Å². The van der Waals surface area contributed by atoms with E-state index in [9.17, 15) is 22.4 Å². The second-order valence-electron chi connectivity index (χ2n) is 7.87. The number of rotatable bonds is 4. The summed E-state index contributed by atoms with van der Waals surface area (Å²) in [7, 11) is 0. The average molecular weight is 494 g/mol. The number of hydrogen-bond acceptors (Lipinski definition) is 5. The molecule has 1 aliphatic heterocycles. The number of hydrogen-bond donors (Lipinski definition) is 2. The minimum atomic E-state index is -2.70. The molecule has 1 aromatic carbocycles. The number of nitrogens with one attached hydrogen (secondary N) is 2. The molecule has 0 atom stereocenters. The van der Waals surface area contributed by atoms with E-state index in [-0.39, 0.29) is 47.9 Å². The van der Waals surface area contributed by atoms with Crippen molar-refractivity contribution in [2.75, 3.05) is 23.3 Å². The minimum Gasteiger partial charge on any atom is -0.359 e. The van der Waals surface area contributed by atoms with Crippen molar-refractivity contribution in [2.24, 2.45) is 0 Å². The highest BCUT2D eigenvalue weighted by atomic mass is 35.5. The zero-order chi connectivity index (χ0) is 24.0. The lowest BCUT2D eigenvalue weighted by Gasteiger charge is -2.32. The number of halogens is 5. The summed E-state index contributed by atoms with van der Waals surface area (Å²) < 4.78 is 55.3. The van der Waals surface area contributed by atoms with Gasteiger partial charge in [0.05, 0.1) is 23.1 Å². The minimum absolute atomic E-state index is 0.0518. The van der Waals surface area contributed by atoms with E-state index in [1.54, 1.807) is 11.0 Å². The SMILES string of the molecule is O=C(Nc1c[nH]c2cc(F)c(F)cc12)c1cn(-c2cc(Cl)nc(N3CCC(F)(F)CC3)c2)nn1. The number of aromatic nitrogens is 5. The van der Waals surface area contributed by atoms with Crippen LogP contribution in [0.4, 0.5) is 29.1 Å². The second kappa shape index (κ2) is 8.28. The van der Waals surface area contributed by atoms with Crippen LogP contribution in [0.15, 0.2) is 36.7 Å². The quantitative estimate of drug-likeness (QED) is 0.321. The van der Waals surface area contributed by atoms with Crippen molar-refractivity contribution >= 4 is 39.9 Å². The third-order valence-corrected chi connectivity index (χ3v) is 5.74. The summed E-state index contributed by atoms with van der Waals surface area (Å²) in [5.41, 5.74) is 0.935. The predicted molar refractivity (Wildman–Crippen MR) is 117 cm³/mol. The van der Waals surface area contributed by atoms with Crippen LogP contribution in [-0.4, -0.2) is 49.9 Å². The molecule has 0 saturated carbocycles. The van der Waals surface area contributed by atoms with Gasteiger partial charge in [0.15, 0.2) is 17.3 Å². The van der Waals surface area contributed by atoms with Crippen molar-refractivity contribution in [2.45, 2.75) is 18.8 Å². The highest BCUT2D eigenvalue weighted by molar-refractivity contribution is 6.29. The van der Waals surface area contributed by atoms with Crippen LogP contribution in [0.25, 0.3) is 16.6 Å². The third kappa shape index (κ3) is 4.28. The largest absolute Gasteiger partial charge is 0.359 e. The fraction of sp³-hybridized carbons (Fsp3) is 0.238. The summed E-state index contributed by atoms with van der Waals surface area (Å²) in [5, 5.41) is 10.8. The number of pyridine rings is 1. The number of carbonyl (C=O) groups excluding carboxylic acids is 1. The van der Waals surface area contributed by atoms with Gasteiger partial charge in [-0.3, -0.25) is 4.79 Å². The van der Waals surface area contributed by atoms with Gasteiger partial charge in [-0.15, -0.1) is 5.10 Å². The van der Waals surface area contributed by atoms with E-state index in [1.165, 1.54) is 23.1 Å². The zero-order valence-electron chi connectivity index (χ0n) is 17.3. The number of alkyl halides is 2. The van der Waals surface area contributed by atoms with Gasteiger partial charge in [0.1, 0.15) is 11.0 Å². The number of fused-ring (bicyclic) bond motifs is 1. The van der Waals surface area contributed by atoms with E-state index in [1.807, 2.05) is 0 Å². The average Bonchev–Trinajstić information content (AvgIpc) is 3.42. The summed E-state index contributed by atoms with van der Waals surface area (Å²) in [5.74, 6) is -4.97. The molecule has 0 unspecified atom stereocenters. The Morgan fingerprint density at radius 3 is 2.62 bits per heavy atom. The van der Waals surface area contributed by atoms with Crippen molar-refractivity contribution in [3.8, 4) is 5.69 Å². The van der Waals surface area contributed by atoms with Gasteiger partial charge in [-0.25, -0.2) is 27.2 Å². The first-order valence-corrected chi connectivity index (χ1v) is 10.6. The van der Waals surface area contributed by atoms with E-state index < -0.39 is 23.5 Å². The topological polar surface area (TPSA) is 91.7 Å². The number of carbonyl (C=O) groups is 1. The maximum absolute atomic E-state index is 13.6. The molecule has 4 aromatic rings. The maximum atomic E-state index is 13.6. The summed E-state index contributed by atoms with van der Waals surface area (Å²) in [4.78, 5) is 21.3. The number of amides is 1. The molecule has 34 heavy (non-hydrogen) atoms. The van der Waals surface area contributed by atoms with Crippen LogP contribution in [0.2, 0.25) is 5.15 Å². The number of nitrogens with zero attached hydrogens (tertiary/aromatic N) is 5. The third-order valence-electron chi connectivity index (χ3n) is 5.55. The smallest absolute Gasteiger partial charge is 0.277 e. The number of piperidine rings is 1. The molecule has 0 radical (unpaired) electrons. The Labute approximate surface area is 194 Å². The van der Waals surface area contributed by atoms with Gasteiger partial charge in [-0.05, 0) is 6.07 Å². The van der Waals surface area contributed by atoms with Gasteiger partial charge in [0, 0.05) is 55.7 Å².